The predicted octanol–water partition coefficient (Wildman–Crippen LogP) is 15.4. The number of hydrogen-bond donors (Lipinski definition) is 3. The molecule has 13 rings (SSSR count). The molecule has 0 atom stereocenters. The number of fused-ring (bicyclic) bond motifs is 12. The van der Waals surface area contributed by atoms with Gasteiger partial charge in [0.1, 0.15) is 5.84 Å². The number of aromatic nitrogens is 2. The van der Waals surface area contributed by atoms with Gasteiger partial charge >= 0.3 is 0 Å². The molecule has 68 heavy (non-hydrogen) atoms. The van der Waals surface area contributed by atoms with E-state index in [2.05, 4.69) is 204 Å². The Bertz CT molecular complexity index is 3850. The highest BCUT2D eigenvalue weighted by Gasteiger charge is 2.25. The van der Waals surface area contributed by atoms with Crippen molar-refractivity contribution in [3.05, 3.63) is 253 Å². The van der Waals surface area contributed by atoms with Crippen LogP contribution in [0.1, 0.15) is 16.7 Å². The van der Waals surface area contributed by atoms with Crippen LogP contribution in [0.15, 0.2) is 237 Å². The summed E-state index contributed by atoms with van der Waals surface area (Å²) in [6.07, 6.45) is 0. The third kappa shape index (κ3) is 7.32. The highest BCUT2D eigenvalue weighted by molar-refractivity contribution is 6.26. The first-order valence-corrected chi connectivity index (χ1v) is 23.1. The lowest BCUT2D eigenvalue weighted by Gasteiger charge is -2.23. The first kappa shape index (κ1) is 41.9. The number of nitrogen functional groups attached to an aromatic ring is 1. The summed E-state index contributed by atoms with van der Waals surface area (Å²) in [6, 6.07) is 83.8. The molecule has 0 saturated carbocycles. The van der Waals surface area contributed by atoms with Crippen LogP contribution in [0.25, 0.3) is 98.4 Å². The van der Waals surface area contributed by atoms with Gasteiger partial charge in [-0.1, -0.05) is 206 Å². The molecule has 0 radical (unpaired) electrons. The minimum absolute atomic E-state index is 0.121. The second-order valence-corrected chi connectivity index (χ2v) is 17.2. The quantitative estimate of drug-likeness (QED) is 0.0914. The van der Waals surface area contributed by atoms with Crippen molar-refractivity contribution in [1.29, 1.82) is 5.41 Å². The van der Waals surface area contributed by atoms with Crippen LogP contribution >= 0.6 is 0 Å². The Morgan fingerprint density at radius 1 is 0.397 bits per heavy atom. The number of nitrogens with one attached hydrogen (secondary N) is 1. The van der Waals surface area contributed by atoms with Crippen molar-refractivity contribution in [1.82, 2.24) is 9.13 Å². The fourth-order valence-electron chi connectivity index (χ4n) is 10.1. The van der Waals surface area contributed by atoms with E-state index in [0.29, 0.717) is 6.54 Å². The topological polar surface area (TPSA) is 85.8 Å². The van der Waals surface area contributed by atoms with Gasteiger partial charge in [-0.3, -0.25) is 5.41 Å². The van der Waals surface area contributed by atoms with Crippen molar-refractivity contribution < 1.29 is 0 Å². The summed E-state index contributed by atoms with van der Waals surface area (Å²) in [6.45, 7) is 2.49. The van der Waals surface area contributed by atoms with Crippen LogP contribution in [0.2, 0.25) is 0 Å². The first-order chi connectivity index (χ1) is 33.5. The fraction of sp³-hybridized carbons (Fsp3) is 0.0317. The van der Waals surface area contributed by atoms with Crippen LogP contribution in [0.3, 0.4) is 0 Å². The van der Waals surface area contributed by atoms with E-state index < -0.39 is 0 Å². The average molecular weight is 876 g/mol. The van der Waals surface area contributed by atoms with E-state index in [4.69, 9.17) is 16.9 Å². The molecule has 5 heteroatoms. The largest absolute Gasteiger partial charge is 0.384 e. The van der Waals surface area contributed by atoms with Crippen molar-refractivity contribution in [2.45, 2.75) is 13.5 Å². The minimum Gasteiger partial charge on any atom is -0.384 e. The predicted molar refractivity (Wildman–Crippen MR) is 290 cm³/mol. The van der Waals surface area contributed by atoms with Crippen LogP contribution in [0.4, 0.5) is 0 Å². The van der Waals surface area contributed by atoms with Gasteiger partial charge in [-0.15, -0.1) is 0 Å². The molecule has 0 fully saturated rings. The highest BCUT2D eigenvalue weighted by Crippen LogP contribution is 2.45. The van der Waals surface area contributed by atoms with Crippen LogP contribution < -0.4 is 11.5 Å². The molecule has 0 aliphatic rings. The van der Waals surface area contributed by atoms with Gasteiger partial charge < -0.3 is 20.6 Å². The van der Waals surface area contributed by atoms with Crippen molar-refractivity contribution in [3.63, 3.8) is 0 Å². The van der Waals surface area contributed by atoms with Gasteiger partial charge in [0.15, 0.2) is 0 Å². The molecule has 2 heterocycles. The first-order valence-electron chi connectivity index (χ1n) is 23.1. The molecule has 0 saturated heterocycles. The normalized spacial score (nSPS) is 11.3. The minimum atomic E-state index is 0.121. The maximum atomic E-state index is 7.01. The Labute approximate surface area is 395 Å². The van der Waals surface area contributed by atoms with Gasteiger partial charge in [0.2, 0.25) is 0 Å². The highest BCUT2D eigenvalue weighted by atomic mass is 15.1. The van der Waals surface area contributed by atoms with Crippen LogP contribution in [-0.4, -0.2) is 15.0 Å². The molecule has 0 unspecified atom stereocenters. The number of amidine groups is 1. The number of hydrogen-bond acceptors (Lipinski definition) is 2. The average Bonchev–Trinajstić information content (AvgIpc) is 3.92. The molecule has 13 aromatic rings. The summed E-state index contributed by atoms with van der Waals surface area (Å²) in [7, 11) is 0. The van der Waals surface area contributed by atoms with E-state index in [-0.39, 0.29) is 5.84 Å². The molecule has 11 aromatic carbocycles. The SMILES string of the molecule is Cc1ccccc1.N=C(N)c1ccccc1.NCc1ccc(-n2c3ccccc3c3ccccc32)c(-n2c3ccccc3c3ccccc32)c1-c1ccc2c3ccccc3c3ccccc3c2c1. The summed E-state index contributed by atoms with van der Waals surface area (Å²) >= 11 is 0. The molecule has 326 valence electrons. The van der Waals surface area contributed by atoms with Crippen LogP contribution in [0.5, 0.6) is 0 Å². The van der Waals surface area contributed by atoms with Crippen molar-refractivity contribution in [2.75, 3.05) is 0 Å². The zero-order valence-electron chi connectivity index (χ0n) is 37.8. The molecule has 0 amide bonds. The Hall–Kier alpha value is -8.77. The molecule has 5 N–H and O–H groups in total. The van der Waals surface area contributed by atoms with Gasteiger partial charge in [-0.2, -0.15) is 0 Å². The van der Waals surface area contributed by atoms with Crippen LogP contribution in [-0.2, 0) is 6.54 Å². The number of nitrogens with zero attached hydrogens (tertiary/aromatic N) is 2. The molecule has 0 aliphatic heterocycles. The lowest BCUT2D eigenvalue weighted by atomic mass is 9.90. The molecule has 0 spiro atoms. The number of para-hydroxylation sites is 4. The number of nitrogens with two attached hydrogens (primary N) is 2. The summed E-state index contributed by atoms with van der Waals surface area (Å²) in [4.78, 5) is 0. The van der Waals surface area contributed by atoms with Gasteiger partial charge in [0, 0.05) is 39.2 Å². The molecule has 2 aromatic heterocycles. The third-order valence-corrected chi connectivity index (χ3v) is 13.1. The van der Waals surface area contributed by atoms with Gasteiger partial charge in [0.05, 0.1) is 33.4 Å². The van der Waals surface area contributed by atoms with Crippen molar-refractivity contribution in [3.8, 4) is 22.5 Å². The fourth-order valence-corrected chi connectivity index (χ4v) is 10.1. The number of aryl methyl sites for hydroxylation is 1. The zero-order chi connectivity index (χ0) is 46.1. The lowest BCUT2D eigenvalue weighted by Crippen LogP contribution is -2.10. The van der Waals surface area contributed by atoms with E-state index in [1.54, 1.807) is 0 Å². The van der Waals surface area contributed by atoms with Crippen molar-refractivity contribution in [2.24, 2.45) is 11.5 Å². The maximum Gasteiger partial charge on any atom is 0.122 e. The second kappa shape index (κ2) is 17.9. The summed E-state index contributed by atoms with van der Waals surface area (Å²) < 4.78 is 4.94. The molecule has 0 aliphatic carbocycles. The smallest absolute Gasteiger partial charge is 0.122 e. The van der Waals surface area contributed by atoms with Gasteiger partial charge in [-0.25, -0.2) is 0 Å². The number of rotatable bonds is 5. The molecular weight excluding hydrogens is 827 g/mol. The maximum absolute atomic E-state index is 7.01. The Morgan fingerprint density at radius 3 is 1.19 bits per heavy atom. The Kier molecular flexibility index (Phi) is 11.0. The van der Waals surface area contributed by atoms with E-state index in [1.807, 2.05) is 48.5 Å². The van der Waals surface area contributed by atoms with Gasteiger partial charge in [-0.05, 0) is 86.8 Å². The monoisotopic (exact) mass is 875 g/mol. The summed E-state index contributed by atoms with van der Waals surface area (Å²) in [5.74, 6) is 0.121. The van der Waals surface area contributed by atoms with E-state index in [0.717, 1.165) is 33.6 Å². The van der Waals surface area contributed by atoms with E-state index >= 15 is 0 Å². The third-order valence-electron chi connectivity index (χ3n) is 13.1. The molecular formula is C63H49N5. The zero-order valence-corrected chi connectivity index (χ0v) is 37.8. The summed E-state index contributed by atoms with van der Waals surface area (Å²) in [5, 5.41) is 19.5. The van der Waals surface area contributed by atoms with E-state index in [9.17, 15) is 0 Å². The summed E-state index contributed by atoms with van der Waals surface area (Å²) in [5.41, 5.74) is 24.3. The number of benzene rings is 11. The Balaban J connectivity index is 0.000000269. The second-order valence-electron chi connectivity index (χ2n) is 17.2. The molecule has 5 nitrogen and oxygen atoms in total. The Morgan fingerprint density at radius 2 is 0.779 bits per heavy atom. The van der Waals surface area contributed by atoms with Crippen LogP contribution in [0, 0.1) is 12.3 Å². The lowest BCUT2D eigenvalue weighted by molar-refractivity contribution is 1.04. The van der Waals surface area contributed by atoms with E-state index in [1.165, 1.54) is 81.5 Å². The van der Waals surface area contributed by atoms with Crippen molar-refractivity contribution >= 4 is 81.8 Å². The molecule has 0 bridgehead atoms. The van der Waals surface area contributed by atoms with Gasteiger partial charge in [0.25, 0.3) is 0 Å². The standard InChI is InChI=1S/C49H33N3.C7H8N2.C7H8/c50-30-32-26-28-47(51-43-21-9-5-17-38(43)39-18-6-10-22-44(39)51)49(52-45-23-11-7-19-40(45)41-20-8-12-24-46(41)52)48(32)31-25-27-37-35-15-2-1-13-33(35)34-14-3-4-16-36(34)42(37)29-31;8-7(9)6-4-2-1-3-5-6;1-7-5-3-2-4-6-7/h1-29H,30,50H2;1-5H,(H3,8,9);2-6H,1H3.